The molecule has 2 aromatic heterocycles. The number of methoxy groups -OCH3 is 2. The van der Waals surface area contributed by atoms with Gasteiger partial charge in [-0.25, -0.2) is 14.8 Å². The topological polar surface area (TPSA) is 122 Å². The second-order valence-corrected chi connectivity index (χ2v) is 8.54. The number of carbonyl (C=O) groups excluding carboxylic acids is 2. The van der Waals surface area contributed by atoms with Crippen LogP contribution in [0.2, 0.25) is 0 Å². The highest BCUT2D eigenvalue weighted by molar-refractivity contribution is 7.98. The van der Waals surface area contributed by atoms with Gasteiger partial charge >= 0.3 is 11.9 Å². The number of anilines is 1. The first-order chi connectivity index (χ1) is 16.0. The molecule has 2 heterocycles. The number of ether oxygens (including phenoxy) is 3. The van der Waals surface area contributed by atoms with Crippen molar-refractivity contribution in [2.24, 2.45) is 0 Å². The Balaban J connectivity index is 1.94. The summed E-state index contributed by atoms with van der Waals surface area (Å²) in [6.07, 6.45) is 0. The molecule has 0 aliphatic heterocycles. The summed E-state index contributed by atoms with van der Waals surface area (Å²) in [5, 5.41) is 4.39. The van der Waals surface area contributed by atoms with Crippen LogP contribution in [-0.2, 0) is 31.3 Å². The molecule has 0 bridgehead atoms. The predicted molar refractivity (Wildman–Crippen MR) is 126 cm³/mol. The number of para-hydroxylation sites is 1. The number of fused-ring (bicyclic) bond motifs is 1. The standard InChI is InChI=1S/C21H24N4O6S2/c1-4-31-19(28)17-15(23-20(33-17)22-9-10-29-2)12-32-21-24-14-8-6-5-7-13(14)18(27)25(21)11-16(26)30-3/h5-8H,4,9-12H2,1-3H3,(H,22,23). The maximum Gasteiger partial charge on any atom is 0.350 e. The molecule has 0 fully saturated rings. The number of hydrogen-bond acceptors (Lipinski definition) is 11. The van der Waals surface area contributed by atoms with Gasteiger partial charge in [-0.2, -0.15) is 0 Å². The zero-order chi connectivity index (χ0) is 23.8. The average molecular weight is 493 g/mol. The molecule has 0 aliphatic rings. The van der Waals surface area contributed by atoms with E-state index in [0.29, 0.717) is 44.9 Å². The summed E-state index contributed by atoms with van der Waals surface area (Å²) in [6, 6.07) is 6.91. The summed E-state index contributed by atoms with van der Waals surface area (Å²) < 4.78 is 16.2. The molecular weight excluding hydrogens is 468 g/mol. The van der Waals surface area contributed by atoms with Crippen LogP contribution >= 0.6 is 23.1 Å². The number of nitrogens with zero attached hydrogens (tertiary/aromatic N) is 3. The third kappa shape index (κ3) is 6.09. The smallest absolute Gasteiger partial charge is 0.350 e. The summed E-state index contributed by atoms with van der Waals surface area (Å²) in [5.74, 6) is -0.798. The van der Waals surface area contributed by atoms with Crippen LogP contribution in [0.25, 0.3) is 10.9 Å². The monoisotopic (exact) mass is 492 g/mol. The van der Waals surface area contributed by atoms with E-state index in [1.54, 1.807) is 38.3 Å². The van der Waals surface area contributed by atoms with E-state index in [-0.39, 0.29) is 24.5 Å². The van der Waals surface area contributed by atoms with Gasteiger partial charge in [0.05, 0.1) is 36.9 Å². The molecule has 0 aliphatic carbocycles. The first-order valence-corrected chi connectivity index (χ1v) is 11.9. The lowest BCUT2D eigenvalue weighted by Gasteiger charge is -2.12. The Morgan fingerprint density at radius 1 is 1.21 bits per heavy atom. The van der Waals surface area contributed by atoms with Crippen LogP contribution in [0.5, 0.6) is 0 Å². The molecule has 0 spiro atoms. The number of carbonyl (C=O) groups is 2. The highest BCUT2D eigenvalue weighted by Gasteiger charge is 2.21. The van der Waals surface area contributed by atoms with E-state index >= 15 is 0 Å². The van der Waals surface area contributed by atoms with Crippen LogP contribution in [0.4, 0.5) is 5.13 Å². The maximum atomic E-state index is 13.0. The largest absolute Gasteiger partial charge is 0.468 e. The molecule has 3 rings (SSSR count). The van der Waals surface area contributed by atoms with E-state index in [0.717, 1.165) is 0 Å². The number of esters is 2. The number of aromatic nitrogens is 3. The summed E-state index contributed by atoms with van der Waals surface area (Å²) in [7, 11) is 2.85. The highest BCUT2D eigenvalue weighted by atomic mass is 32.2. The van der Waals surface area contributed by atoms with Crippen LogP contribution in [-0.4, -0.2) is 60.5 Å². The average Bonchev–Trinajstić information content (AvgIpc) is 3.23. The van der Waals surface area contributed by atoms with Gasteiger partial charge in [-0.1, -0.05) is 35.2 Å². The third-order valence-corrected chi connectivity index (χ3v) is 6.44. The third-order valence-electron chi connectivity index (χ3n) is 4.42. The van der Waals surface area contributed by atoms with Crippen LogP contribution in [0.3, 0.4) is 0 Å². The SMILES string of the molecule is CCOC(=O)c1sc(NCCOC)nc1CSc1nc2ccccc2c(=O)n1CC(=O)OC. The quantitative estimate of drug-likeness (QED) is 0.185. The number of benzene rings is 1. The Bertz CT molecular complexity index is 1190. The highest BCUT2D eigenvalue weighted by Crippen LogP contribution is 2.29. The molecule has 0 atom stereocenters. The number of rotatable bonds is 11. The lowest BCUT2D eigenvalue weighted by molar-refractivity contribution is -0.141. The second-order valence-electron chi connectivity index (χ2n) is 6.60. The summed E-state index contributed by atoms with van der Waals surface area (Å²) in [4.78, 5) is 46.8. The minimum Gasteiger partial charge on any atom is -0.468 e. The van der Waals surface area contributed by atoms with Crippen molar-refractivity contribution < 1.29 is 23.8 Å². The fourth-order valence-corrected chi connectivity index (χ4v) is 4.80. The summed E-state index contributed by atoms with van der Waals surface area (Å²) >= 11 is 2.39. The summed E-state index contributed by atoms with van der Waals surface area (Å²) in [6.45, 7) is 2.71. The van der Waals surface area contributed by atoms with Crippen molar-refractivity contribution in [2.45, 2.75) is 24.4 Å². The lowest BCUT2D eigenvalue weighted by Crippen LogP contribution is -2.27. The van der Waals surface area contributed by atoms with E-state index in [9.17, 15) is 14.4 Å². The first kappa shape index (κ1) is 24.7. The molecule has 0 saturated heterocycles. The van der Waals surface area contributed by atoms with Gasteiger partial charge in [-0.3, -0.25) is 14.2 Å². The minimum absolute atomic E-state index is 0.237. The Morgan fingerprint density at radius 3 is 2.73 bits per heavy atom. The zero-order valence-electron chi connectivity index (χ0n) is 18.5. The van der Waals surface area contributed by atoms with Crippen molar-refractivity contribution >= 4 is 51.1 Å². The van der Waals surface area contributed by atoms with Crippen molar-refractivity contribution in [1.29, 1.82) is 0 Å². The van der Waals surface area contributed by atoms with Crippen LogP contribution in [0.15, 0.2) is 34.2 Å². The van der Waals surface area contributed by atoms with Crippen molar-refractivity contribution in [3.8, 4) is 0 Å². The fourth-order valence-electron chi connectivity index (χ4n) is 2.87. The predicted octanol–water partition coefficient (Wildman–Crippen LogP) is 2.55. The Kier molecular flexibility index (Phi) is 8.80. The zero-order valence-corrected chi connectivity index (χ0v) is 20.1. The fraction of sp³-hybridized carbons (Fsp3) is 0.381. The van der Waals surface area contributed by atoms with Crippen molar-refractivity contribution in [2.75, 3.05) is 39.3 Å². The minimum atomic E-state index is -0.568. The van der Waals surface area contributed by atoms with Crippen molar-refractivity contribution in [3.63, 3.8) is 0 Å². The Labute approximate surface area is 198 Å². The second kappa shape index (κ2) is 11.8. The van der Waals surface area contributed by atoms with Gasteiger partial charge in [0.1, 0.15) is 11.4 Å². The molecule has 12 heteroatoms. The van der Waals surface area contributed by atoms with Crippen molar-refractivity contribution in [3.05, 3.63) is 45.2 Å². The Morgan fingerprint density at radius 2 is 2.00 bits per heavy atom. The van der Waals surface area contributed by atoms with Crippen LogP contribution in [0.1, 0.15) is 22.3 Å². The molecule has 3 aromatic rings. The van der Waals surface area contributed by atoms with E-state index in [2.05, 4.69) is 15.3 Å². The maximum absolute atomic E-state index is 13.0. The van der Waals surface area contributed by atoms with E-state index in [4.69, 9.17) is 14.2 Å². The number of thiazole rings is 1. The van der Waals surface area contributed by atoms with Gasteiger partial charge in [0.2, 0.25) is 0 Å². The molecule has 0 radical (unpaired) electrons. The van der Waals surface area contributed by atoms with E-state index in [1.165, 1.54) is 34.8 Å². The van der Waals surface area contributed by atoms with Gasteiger partial charge in [0.25, 0.3) is 5.56 Å². The summed E-state index contributed by atoms with van der Waals surface area (Å²) in [5.41, 5.74) is 0.659. The van der Waals surface area contributed by atoms with Gasteiger partial charge < -0.3 is 19.5 Å². The van der Waals surface area contributed by atoms with Gasteiger partial charge in [0.15, 0.2) is 10.3 Å². The molecule has 1 aromatic carbocycles. The van der Waals surface area contributed by atoms with Gasteiger partial charge in [0, 0.05) is 19.4 Å². The molecular formula is C21H24N4O6S2. The first-order valence-electron chi connectivity index (χ1n) is 10.1. The number of nitrogens with one attached hydrogen (secondary N) is 1. The Hall–Kier alpha value is -2.96. The molecule has 1 N–H and O–H groups in total. The van der Waals surface area contributed by atoms with Crippen LogP contribution in [0, 0.1) is 0 Å². The van der Waals surface area contributed by atoms with Gasteiger partial charge in [-0.05, 0) is 19.1 Å². The van der Waals surface area contributed by atoms with Gasteiger partial charge in [-0.15, -0.1) is 0 Å². The molecule has 33 heavy (non-hydrogen) atoms. The molecule has 0 amide bonds. The van der Waals surface area contributed by atoms with Crippen LogP contribution < -0.4 is 10.9 Å². The number of hydrogen-bond donors (Lipinski definition) is 1. The van der Waals surface area contributed by atoms with E-state index < -0.39 is 11.9 Å². The number of thioether (sulfide) groups is 1. The van der Waals surface area contributed by atoms with E-state index in [1.807, 2.05) is 0 Å². The normalized spacial score (nSPS) is 10.9. The lowest BCUT2D eigenvalue weighted by atomic mass is 10.2. The van der Waals surface area contributed by atoms with Crippen molar-refractivity contribution in [1.82, 2.24) is 14.5 Å². The molecule has 0 saturated carbocycles. The molecule has 176 valence electrons. The molecule has 10 nitrogen and oxygen atoms in total. The molecule has 0 unspecified atom stereocenters.